The van der Waals surface area contributed by atoms with Crippen molar-refractivity contribution in [2.45, 2.75) is 27.3 Å². The quantitative estimate of drug-likeness (QED) is 0.519. The van der Waals surface area contributed by atoms with Crippen molar-refractivity contribution in [3.63, 3.8) is 0 Å². The molecule has 1 aliphatic heterocycles. The molecule has 4 amide bonds. The topological polar surface area (TPSA) is 109 Å². The summed E-state index contributed by atoms with van der Waals surface area (Å²) in [5, 5.41) is 5.68. The van der Waals surface area contributed by atoms with E-state index in [9.17, 15) is 19.2 Å². The molecule has 1 aromatic heterocycles. The van der Waals surface area contributed by atoms with E-state index in [1.807, 2.05) is 13.8 Å². The van der Waals surface area contributed by atoms with Crippen LogP contribution in [0.1, 0.15) is 66.6 Å². The molecule has 0 aliphatic carbocycles. The van der Waals surface area contributed by atoms with Crippen LogP contribution in [0, 0.1) is 12.8 Å². The number of furan rings is 1. The number of nitrogens with zero attached hydrogens (tertiary/aromatic N) is 1. The molecule has 3 aromatic rings. The van der Waals surface area contributed by atoms with Gasteiger partial charge in [-0.1, -0.05) is 13.8 Å². The molecule has 0 saturated carbocycles. The molecule has 2 heterocycles. The molecule has 0 bridgehead atoms. The maximum atomic E-state index is 12.9. The lowest BCUT2D eigenvalue weighted by atomic mass is 10.0. The third-order valence-electron chi connectivity index (χ3n) is 5.53. The Kier molecular flexibility index (Phi) is 6.32. The summed E-state index contributed by atoms with van der Waals surface area (Å²) in [6.07, 6.45) is 1.47. The van der Waals surface area contributed by atoms with E-state index in [0.717, 1.165) is 10.5 Å². The number of hydrogen-bond donors (Lipinski definition) is 2. The van der Waals surface area contributed by atoms with Gasteiger partial charge in [0.15, 0.2) is 0 Å². The minimum Gasteiger partial charge on any atom is -0.467 e. The number of benzene rings is 2. The van der Waals surface area contributed by atoms with Crippen LogP contribution in [0.25, 0.3) is 0 Å². The standard InChI is InChI=1S/C26H25N3O5/c1-15(2)13-27-23(30)17-7-9-22(16(3)11-17)28-24(31)18-6-8-20-21(12-18)26(33)29(25(20)32)14-19-5-4-10-34-19/h4-12,15H,13-14H2,1-3H3,(H,27,30)(H,28,31). The van der Waals surface area contributed by atoms with Crippen LogP contribution in [0.15, 0.2) is 59.2 Å². The Morgan fingerprint density at radius 3 is 2.32 bits per heavy atom. The molecule has 2 aromatic carbocycles. The number of rotatable bonds is 7. The van der Waals surface area contributed by atoms with Gasteiger partial charge >= 0.3 is 0 Å². The fourth-order valence-corrected chi connectivity index (χ4v) is 3.67. The minimum atomic E-state index is -0.473. The van der Waals surface area contributed by atoms with Crippen LogP contribution in [-0.2, 0) is 6.54 Å². The zero-order chi connectivity index (χ0) is 24.4. The van der Waals surface area contributed by atoms with Gasteiger partial charge in [0.25, 0.3) is 23.6 Å². The van der Waals surface area contributed by atoms with Crippen LogP contribution in [0.3, 0.4) is 0 Å². The highest BCUT2D eigenvalue weighted by molar-refractivity contribution is 6.22. The average Bonchev–Trinajstić information content (AvgIpc) is 3.41. The molecule has 0 fully saturated rings. The van der Waals surface area contributed by atoms with Crippen LogP contribution in [0.5, 0.6) is 0 Å². The second-order valence-electron chi connectivity index (χ2n) is 8.62. The molecule has 0 atom stereocenters. The monoisotopic (exact) mass is 459 g/mol. The SMILES string of the molecule is Cc1cc(C(=O)NCC(C)C)ccc1NC(=O)c1ccc2c(c1)C(=O)N(Cc1ccco1)C2=O. The van der Waals surface area contributed by atoms with E-state index >= 15 is 0 Å². The first-order valence-corrected chi connectivity index (χ1v) is 11.0. The van der Waals surface area contributed by atoms with Gasteiger partial charge in [-0.25, -0.2) is 0 Å². The number of carbonyl (C=O) groups excluding carboxylic acids is 4. The summed E-state index contributed by atoms with van der Waals surface area (Å²) in [6.45, 7) is 6.44. The van der Waals surface area contributed by atoms with Gasteiger partial charge in [0.2, 0.25) is 0 Å². The van der Waals surface area contributed by atoms with Crippen LogP contribution in [0.2, 0.25) is 0 Å². The highest BCUT2D eigenvalue weighted by atomic mass is 16.3. The third kappa shape index (κ3) is 4.61. The number of anilines is 1. The van der Waals surface area contributed by atoms with E-state index < -0.39 is 17.7 Å². The van der Waals surface area contributed by atoms with Gasteiger partial charge in [-0.15, -0.1) is 0 Å². The van der Waals surface area contributed by atoms with Crippen molar-refractivity contribution in [3.05, 3.63) is 88.4 Å². The Morgan fingerprint density at radius 2 is 1.65 bits per heavy atom. The van der Waals surface area contributed by atoms with E-state index in [1.165, 1.54) is 24.5 Å². The van der Waals surface area contributed by atoms with Crippen molar-refractivity contribution in [1.82, 2.24) is 10.2 Å². The number of fused-ring (bicyclic) bond motifs is 1. The first kappa shape index (κ1) is 23.0. The zero-order valence-corrected chi connectivity index (χ0v) is 19.2. The van der Waals surface area contributed by atoms with Crippen molar-refractivity contribution in [3.8, 4) is 0 Å². The smallest absolute Gasteiger partial charge is 0.261 e. The molecule has 0 radical (unpaired) electrons. The van der Waals surface area contributed by atoms with E-state index in [2.05, 4.69) is 10.6 Å². The van der Waals surface area contributed by atoms with E-state index in [0.29, 0.717) is 29.5 Å². The second-order valence-corrected chi connectivity index (χ2v) is 8.62. The van der Waals surface area contributed by atoms with Gasteiger partial charge in [0.05, 0.1) is 23.9 Å². The first-order valence-electron chi connectivity index (χ1n) is 11.0. The maximum absolute atomic E-state index is 12.9. The minimum absolute atomic E-state index is 0.0250. The number of amides is 4. The number of imide groups is 1. The summed E-state index contributed by atoms with van der Waals surface area (Å²) < 4.78 is 5.24. The molecular formula is C26H25N3O5. The lowest BCUT2D eigenvalue weighted by Crippen LogP contribution is -2.28. The first-order chi connectivity index (χ1) is 16.2. The summed E-state index contributed by atoms with van der Waals surface area (Å²) >= 11 is 0. The van der Waals surface area contributed by atoms with E-state index in [4.69, 9.17) is 4.42 Å². The lowest BCUT2D eigenvalue weighted by molar-refractivity contribution is 0.0631. The molecular weight excluding hydrogens is 434 g/mol. The normalized spacial score (nSPS) is 12.8. The number of hydrogen-bond acceptors (Lipinski definition) is 5. The summed E-state index contributed by atoms with van der Waals surface area (Å²) in [4.78, 5) is 51.7. The van der Waals surface area contributed by atoms with Gasteiger partial charge in [-0.05, 0) is 66.9 Å². The van der Waals surface area contributed by atoms with Gasteiger partial charge in [-0.2, -0.15) is 0 Å². The van der Waals surface area contributed by atoms with Crippen molar-refractivity contribution >= 4 is 29.3 Å². The molecule has 0 unspecified atom stereocenters. The largest absolute Gasteiger partial charge is 0.467 e. The number of aryl methyl sites for hydroxylation is 1. The van der Waals surface area contributed by atoms with Crippen LogP contribution >= 0.6 is 0 Å². The third-order valence-corrected chi connectivity index (χ3v) is 5.53. The van der Waals surface area contributed by atoms with Crippen LogP contribution in [-0.4, -0.2) is 35.1 Å². The highest BCUT2D eigenvalue weighted by Crippen LogP contribution is 2.26. The number of nitrogens with one attached hydrogen (secondary N) is 2. The predicted molar refractivity (Wildman–Crippen MR) is 126 cm³/mol. The molecule has 0 saturated heterocycles. The Labute approximate surface area is 196 Å². The van der Waals surface area contributed by atoms with Crippen molar-refractivity contribution in [1.29, 1.82) is 0 Å². The molecule has 0 spiro atoms. The Bertz CT molecular complexity index is 1280. The average molecular weight is 460 g/mol. The summed E-state index contributed by atoms with van der Waals surface area (Å²) in [7, 11) is 0. The zero-order valence-electron chi connectivity index (χ0n) is 19.2. The Balaban J connectivity index is 1.48. The summed E-state index contributed by atoms with van der Waals surface area (Å²) in [6, 6.07) is 12.8. The van der Waals surface area contributed by atoms with Crippen LogP contribution < -0.4 is 10.6 Å². The Hall–Kier alpha value is -4.20. The molecule has 174 valence electrons. The summed E-state index contributed by atoms with van der Waals surface area (Å²) in [5.74, 6) is -0.660. The van der Waals surface area contributed by atoms with Crippen molar-refractivity contribution < 1.29 is 23.6 Å². The molecule has 1 aliphatic rings. The molecule has 2 N–H and O–H groups in total. The summed E-state index contributed by atoms with van der Waals surface area (Å²) in [5.41, 5.74) is 2.46. The predicted octanol–water partition coefficient (Wildman–Crippen LogP) is 4.02. The maximum Gasteiger partial charge on any atom is 0.261 e. The van der Waals surface area contributed by atoms with Gasteiger partial charge in [0, 0.05) is 23.4 Å². The molecule has 34 heavy (non-hydrogen) atoms. The molecule has 4 rings (SSSR count). The van der Waals surface area contributed by atoms with Crippen LogP contribution in [0.4, 0.5) is 5.69 Å². The van der Waals surface area contributed by atoms with E-state index in [1.54, 1.807) is 37.3 Å². The van der Waals surface area contributed by atoms with Gasteiger partial charge in [0.1, 0.15) is 5.76 Å². The molecule has 8 heteroatoms. The highest BCUT2D eigenvalue weighted by Gasteiger charge is 2.36. The lowest BCUT2D eigenvalue weighted by Gasteiger charge is -2.12. The van der Waals surface area contributed by atoms with E-state index in [-0.39, 0.29) is 29.1 Å². The van der Waals surface area contributed by atoms with Crippen molar-refractivity contribution in [2.24, 2.45) is 5.92 Å². The fourth-order valence-electron chi connectivity index (χ4n) is 3.67. The van der Waals surface area contributed by atoms with Gasteiger partial charge < -0.3 is 15.1 Å². The molecule has 8 nitrogen and oxygen atoms in total. The second kappa shape index (κ2) is 9.35. The number of carbonyl (C=O) groups is 4. The fraction of sp³-hybridized carbons (Fsp3) is 0.231. The van der Waals surface area contributed by atoms with Gasteiger partial charge in [-0.3, -0.25) is 24.1 Å². The Morgan fingerprint density at radius 1 is 0.941 bits per heavy atom. The van der Waals surface area contributed by atoms with Crippen molar-refractivity contribution in [2.75, 3.05) is 11.9 Å².